The van der Waals surface area contributed by atoms with E-state index in [1.54, 1.807) is 0 Å². The van der Waals surface area contributed by atoms with Gasteiger partial charge in [0.05, 0.1) is 12.7 Å². The zero-order valence-electron chi connectivity index (χ0n) is 9.49. The maximum absolute atomic E-state index is 10.2. The average molecular weight is 299 g/mol. The molecule has 0 radical (unpaired) electrons. The van der Waals surface area contributed by atoms with Gasteiger partial charge in [0.2, 0.25) is 0 Å². The van der Waals surface area contributed by atoms with Gasteiger partial charge < -0.3 is 14.6 Å². The highest BCUT2D eigenvalue weighted by Gasteiger charge is 2.42. The zero-order chi connectivity index (χ0) is 11.9. The Balaban J connectivity index is 1.94. The molecule has 0 aromatic heterocycles. The molecule has 4 heteroatoms. The first kappa shape index (κ1) is 11.5. The van der Waals surface area contributed by atoms with Crippen molar-refractivity contribution in [1.29, 1.82) is 0 Å². The molecule has 2 heterocycles. The second-order valence-corrected chi connectivity index (χ2v) is 5.76. The van der Waals surface area contributed by atoms with Crippen LogP contribution >= 0.6 is 15.9 Å². The predicted octanol–water partition coefficient (Wildman–Crippen LogP) is 2.81. The summed E-state index contributed by atoms with van der Waals surface area (Å²) in [4.78, 5) is 0. The molecule has 0 bridgehead atoms. The van der Waals surface area contributed by atoms with Crippen molar-refractivity contribution in [2.75, 3.05) is 13.2 Å². The average Bonchev–Trinajstić information content (AvgIpc) is 2.31. The molecule has 0 saturated carbocycles. The van der Waals surface area contributed by atoms with Crippen LogP contribution in [0.3, 0.4) is 0 Å². The molecule has 1 saturated heterocycles. The van der Waals surface area contributed by atoms with Gasteiger partial charge >= 0.3 is 0 Å². The number of ether oxygens (including phenoxy) is 2. The van der Waals surface area contributed by atoms with Crippen LogP contribution in [0.15, 0.2) is 22.7 Å². The Morgan fingerprint density at radius 1 is 1.41 bits per heavy atom. The molecule has 1 aromatic rings. The van der Waals surface area contributed by atoms with E-state index in [2.05, 4.69) is 15.9 Å². The Labute approximate surface area is 109 Å². The first-order valence-electron chi connectivity index (χ1n) is 5.93. The summed E-state index contributed by atoms with van der Waals surface area (Å²) in [6.07, 6.45) is 2.12. The number of aliphatic hydroxyl groups is 1. The van der Waals surface area contributed by atoms with Crippen LogP contribution in [-0.2, 0) is 4.74 Å². The number of benzene rings is 1. The minimum Gasteiger partial charge on any atom is -0.484 e. The molecule has 2 aliphatic rings. The number of halogens is 1. The highest BCUT2D eigenvalue weighted by atomic mass is 79.9. The lowest BCUT2D eigenvalue weighted by atomic mass is 9.85. The quantitative estimate of drug-likeness (QED) is 0.800. The summed E-state index contributed by atoms with van der Waals surface area (Å²) < 4.78 is 12.6. The van der Waals surface area contributed by atoms with Gasteiger partial charge in [-0.2, -0.15) is 0 Å². The minimum absolute atomic E-state index is 0.321. The van der Waals surface area contributed by atoms with E-state index in [4.69, 9.17) is 9.47 Å². The van der Waals surface area contributed by atoms with E-state index in [1.807, 2.05) is 18.2 Å². The molecule has 2 atom stereocenters. The smallest absolute Gasteiger partial charge is 0.135 e. The highest BCUT2D eigenvalue weighted by molar-refractivity contribution is 9.10. The van der Waals surface area contributed by atoms with Gasteiger partial charge in [0.15, 0.2) is 0 Å². The lowest BCUT2D eigenvalue weighted by Gasteiger charge is -2.42. The summed E-state index contributed by atoms with van der Waals surface area (Å²) in [5.74, 6) is 0.789. The number of aliphatic hydroxyl groups excluding tert-OH is 1. The number of hydrogen-bond donors (Lipinski definition) is 1. The SMILES string of the molecule is OC1CC2(CCCOC2)Oc2ccc(Br)cc21. The van der Waals surface area contributed by atoms with Crippen molar-refractivity contribution in [1.82, 2.24) is 0 Å². The first-order chi connectivity index (χ1) is 8.19. The van der Waals surface area contributed by atoms with Gasteiger partial charge in [0, 0.05) is 23.1 Å². The third-order valence-corrected chi connectivity index (χ3v) is 4.00. The molecule has 1 spiro atoms. The maximum atomic E-state index is 10.2. The molecule has 92 valence electrons. The predicted molar refractivity (Wildman–Crippen MR) is 67.1 cm³/mol. The Bertz CT molecular complexity index is 427. The van der Waals surface area contributed by atoms with Gasteiger partial charge in [-0.25, -0.2) is 0 Å². The van der Waals surface area contributed by atoms with E-state index in [0.717, 1.165) is 35.2 Å². The van der Waals surface area contributed by atoms with Crippen molar-refractivity contribution in [3.63, 3.8) is 0 Å². The van der Waals surface area contributed by atoms with E-state index in [-0.39, 0.29) is 5.60 Å². The maximum Gasteiger partial charge on any atom is 0.135 e. The summed E-state index contributed by atoms with van der Waals surface area (Å²) in [6, 6.07) is 5.78. The molecule has 1 N–H and O–H groups in total. The molecule has 17 heavy (non-hydrogen) atoms. The summed E-state index contributed by atoms with van der Waals surface area (Å²) in [5, 5.41) is 10.2. The molecule has 3 nitrogen and oxygen atoms in total. The van der Waals surface area contributed by atoms with Crippen LogP contribution in [0.5, 0.6) is 5.75 Å². The number of fused-ring (bicyclic) bond motifs is 1. The van der Waals surface area contributed by atoms with Gasteiger partial charge in [0.25, 0.3) is 0 Å². The van der Waals surface area contributed by atoms with Gasteiger partial charge in [-0.3, -0.25) is 0 Å². The Kier molecular flexibility index (Phi) is 2.89. The minimum atomic E-state index is -0.460. The monoisotopic (exact) mass is 298 g/mol. The fourth-order valence-corrected chi connectivity index (χ4v) is 3.06. The zero-order valence-corrected chi connectivity index (χ0v) is 11.1. The Morgan fingerprint density at radius 3 is 3.06 bits per heavy atom. The van der Waals surface area contributed by atoms with Gasteiger partial charge in [0.1, 0.15) is 11.4 Å². The van der Waals surface area contributed by atoms with Crippen molar-refractivity contribution in [2.45, 2.75) is 31.0 Å². The summed E-state index contributed by atoms with van der Waals surface area (Å²) in [6.45, 7) is 1.38. The number of rotatable bonds is 0. The van der Waals surface area contributed by atoms with Gasteiger partial charge in [-0.15, -0.1) is 0 Å². The van der Waals surface area contributed by atoms with Crippen molar-refractivity contribution in [3.05, 3.63) is 28.2 Å². The van der Waals surface area contributed by atoms with Crippen molar-refractivity contribution < 1.29 is 14.6 Å². The fraction of sp³-hybridized carbons (Fsp3) is 0.538. The van der Waals surface area contributed by atoms with E-state index in [1.165, 1.54) is 0 Å². The van der Waals surface area contributed by atoms with Crippen LogP contribution in [-0.4, -0.2) is 23.9 Å². The summed E-state index contributed by atoms with van der Waals surface area (Å²) >= 11 is 3.41. The van der Waals surface area contributed by atoms with Crippen LogP contribution in [0, 0.1) is 0 Å². The largest absolute Gasteiger partial charge is 0.484 e. The molecule has 0 aliphatic carbocycles. The van der Waals surface area contributed by atoms with E-state index < -0.39 is 6.10 Å². The standard InChI is InChI=1S/C13H15BrO3/c14-9-2-3-12-10(6-9)11(15)7-13(17-12)4-1-5-16-8-13/h2-3,6,11,15H,1,4-5,7-8H2. The van der Waals surface area contributed by atoms with Crippen LogP contribution in [0.25, 0.3) is 0 Å². The Morgan fingerprint density at radius 2 is 2.29 bits per heavy atom. The van der Waals surface area contributed by atoms with Gasteiger partial charge in [-0.1, -0.05) is 15.9 Å². The molecule has 3 rings (SSSR count). The number of hydrogen-bond acceptors (Lipinski definition) is 3. The lowest BCUT2D eigenvalue weighted by Crippen LogP contribution is -2.47. The molecular weight excluding hydrogens is 284 g/mol. The van der Waals surface area contributed by atoms with E-state index in [9.17, 15) is 5.11 Å². The lowest BCUT2D eigenvalue weighted by molar-refractivity contribution is -0.103. The molecule has 2 aliphatic heterocycles. The topological polar surface area (TPSA) is 38.7 Å². The van der Waals surface area contributed by atoms with Crippen LogP contribution in [0.4, 0.5) is 0 Å². The van der Waals surface area contributed by atoms with Crippen molar-refractivity contribution in [3.8, 4) is 5.75 Å². The molecule has 1 aromatic carbocycles. The van der Waals surface area contributed by atoms with Crippen molar-refractivity contribution in [2.24, 2.45) is 0 Å². The molecule has 1 fully saturated rings. The highest BCUT2D eigenvalue weighted by Crippen LogP contribution is 2.43. The van der Waals surface area contributed by atoms with Crippen LogP contribution < -0.4 is 4.74 Å². The van der Waals surface area contributed by atoms with Crippen LogP contribution in [0.1, 0.15) is 30.9 Å². The second-order valence-electron chi connectivity index (χ2n) is 4.84. The molecule has 2 unspecified atom stereocenters. The first-order valence-corrected chi connectivity index (χ1v) is 6.72. The van der Waals surface area contributed by atoms with E-state index in [0.29, 0.717) is 13.0 Å². The van der Waals surface area contributed by atoms with Gasteiger partial charge in [-0.05, 0) is 31.0 Å². The summed E-state index contributed by atoms with van der Waals surface area (Å²) in [7, 11) is 0. The second kappa shape index (κ2) is 4.26. The van der Waals surface area contributed by atoms with E-state index >= 15 is 0 Å². The van der Waals surface area contributed by atoms with Crippen LogP contribution in [0.2, 0.25) is 0 Å². The fourth-order valence-electron chi connectivity index (χ4n) is 2.68. The van der Waals surface area contributed by atoms with Crippen molar-refractivity contribution >= 4 is 15.9 Å². The Hall–Kier alpha value is -0.580. The normalized spacial score (nSPS) is 32.0. The summed E-state index contributed by atoms with van der Waals surface area (Å²) in [5.41, 5.74) is 0.550. The molecule has 0 amide bonds. The third-order valence-electron chi connectivity index (χ3n) is 3.51. The third kappa shape index (κ3) is 2.09. The molecular formula is C13H15BrO3.